The number of carbonyl (C=O) groups is 1. The van der Waals surface area contributed by atoms with Gasteiger partial charge in [0.05, 0.1) is 0 Å². The molecule has 1 N–H and O–H groups in total. The second kappa shape index (κ2) is 5.70. The summed E-state index contributed by atoms with van der Waals surface area (Å²) in [6.45, 7) is 3.33. The van der Waals surface area contributed by atoms with E-state index in [-0.39, 0.29) is 24.7 Å². The van der Waals surface area contributed by atoms with Crippen LogP contribution in [0.3, 0.4) is 0 Å². The molecule has 15 heavy (non-hydrogen) atoms. The highest BCUT2D eigenvalue weighted by atomic mass is 16.6. The van der Waals surface area contributed by atoms with Crippen molar-refractivity contribution in [3.63, 3.8) is 0 Å². The van der Waals surface area contributed by atoms with Crippen LogP contribution in [0.4, 0.5) is 0 Å². The van der Waals surface area contributed by atoms with Crippen molar-refractivity contribution >= 4 is 5.97 Å². The number of ether oxygens (including phenoxy) is 2. The van der Waals surface area contributed by atoms with Crippen LogP contribution in [0.25, 0.3) is 0 Å². The first-order valence-electron chi connectivity index (χ1n) is 4.41. The van der Waals surface area contributed by atoms with Gasteiger partial charge < -0.3 is 14.6 Å². The molecule has 0 bridgehead atoms. The summed E-state index contributed by atoms with van der Waals surface area (Å²) in [5.74, 6) is -0.250. The van der Waals surface area contributed by atoms with Gasteiger partial charge in [-0.25, -0.2) is 4.79 Å². The van der Waals surface area contributed by atoms with E-state index in [9.17, 15) is 9.90 Å². The minimum Gasteiger partial charge on any atom is -0.504 e. The van der Waals surface area contributed by atoms with E-state index >= 15 is 0 Å². The normalized spacial score (nSPS) is 9.33. The van der Waals surface area contributed by atoms with Gasteiger partial charge in [0, 0.05) is 0 Å². The quantitative estimate of drug-likeness (QED) is 0.588. The number of benzene rings is 1. The number of para-hydroxylation sites is 2. The molecule has 0 saturated carbocycles. The number of rotatable bonds is 5. The monoisotopic (exact) mass is 208 g/mol. The van der Waals surface area contributed by atoms with Gasteiger partial charge >= 0.3 is 5.97 Å². The molecular weight excluding hydrogens is 196 g/mol. The van der Waals surface area contributed by atoms with Crippen molar-refractivity contribution in [2.45, 2.75) is 0 Å². The van der Waals surface area contributed by atoms with E-state index in [4.69, 9.17) is 4.74 Å². The first-order chi connectivity index (χ1) is 7.24. The van der Waals surface area contributed by atoms with Crippen LogP contribution in [0.2, 0.25) is 0 Å². The summed E-state index contributed by atoms with van der Waals surface area (Å²) in [6, 6.07) is 6.41. The molecule has 1 rings (SSSR count). The van der Waals surface area contributed by atoms with Crippen LogP contribution in [-0.4, -0.2) is 24.3 Å². The van der Waals surface area contributed by atoms with Crippen LogP contribution in [0.15, 0.2) is 36.9 Å². The van der Waals surface area contributed by atoms with Gasteiger partial charge in [0.25, 0.3) is 0 Å². The predicted molar refractivity (Wildman–Crippen MR) is 54.8 cm³/mol. The van der Waals surface area contributed by atoms with Crippen molar-refractivity contribution in [3.8, 4) is 11.5 Å². The second-order valence-electron chi connectivity index (χ2n) is 2.73. The minimum atomic E-state index is -0.502. The smallest absolute Gasteiger partial charge is 0.344 e. The summed E-state index contributed by atoms with van der Waals surface area (Å²) in [7, 11) is 0. The van der Waals surface area contributed by atoms with Crippen molar-refractivity contribution in [1.29, 1.82) is 0 Å². The van der Waals surface area contributed by atoms with Gasteiger partial charge in [-0.05, 0) is 12.1 Å². The zero-order chi connectivity index (χ0) is 11.1. The van der Waals surface area contributed by atoms with Crippen LogP contribution >= 0.6 is 0 Å². The Morgan fingerprint density at radius 1 is 1.47 bits per heavy atom. The molecule has 0 spiro atoms. The van der Waals surface area contributed by atoms with E-state index in [1.165, 1.54) is 12.1 Å². The standard InChI is InChI=1S/C11H12O4/c1-2-7-14-11(13)8-15-10-6-4-3-5-9(10)12/h2-6,12H,1,7-8H2. The van der Waals surface area contributed by atoms with Crippen LogP contribution in [0.1, 0.15) is 0 Å². The number of phenolic OH excluding ortho intramolecular Hbond substituents is 1. The molecule has 1 aromatic rings. The number of hydrogen-bond donors (Lipinski definition) is 1. The molecule has 0 aliphatic carbocycles. The van der Waals surface area contributed by atoms with E-state index in [1.807, 2.05) is 0 Å². The molecule has 4 nitrogen and oxygen atoms in total. The Labute approximate surface area is 87.7 Å². The lowest BCUT2D eigenvalue weighted by Crippen LogP contribution is -2.14. The van der Waals surface area contributed by atoms with Gasteiger partial charge in [0.15, 0.2) is 18.1 Å². The predicted octanol–water partition coefficient (Wildman–Crippen LogP) is 1.50. The lowest BCUT2D eigenvalue weighted by atomic mass is 10.3. The lowest BCUT2D eigenvalue weighted by Gasteiger charge is -2.06. The minimum absolute atomic E-state index is 0.00554. The third-order valence-electron chi connectivity index (χ3n) is 1.57. The fourth-order valence-electron chi connectivity index (χ4n) is 0.909. The zero-order valence-corrected chi connectivity index (χ0v) is 8.18. The Morgan fingerprint density at radius 3 is 2.87 bits per heavy atom. The molecular formula is C11H12O4. The molecule has 0 amide bonds. The van der Waals surface area contributed by atoms with Crippen molar-refractivity contribution in [2.75, 3.05) is 13.2 Å². The topological polar surface area (TPSA) is 55.8 Å². The third-order valence-corrected chi connectivity index (χ3v) is 1.57. The van der Waals surface area contributed by atoms with Crippen LogP contribution in [0, 0.1) is 0 Å². The third kappa shape index (κ3) is 3.72. The highest BCUT2D eigenvalue weighted by Gasteiger charge is 2.05. The molecule has 0 atom stereocenters. The van der Waals surface area contributed by atoms with E-state index in [1.54, 1.807) is 18.2 Å². The summed E-state index contributed by atoms with van der Waals surface area (Å²) in [4.78, 5) is 11.0. The van der Waals surface area contributed by atoms with Crippen molar-refractivity contribution in [1.82, 2.24) is 0 Å². The van der Waals surface area contributed by atoms with Crippen LogP contribution in [0.5, 0.6) is 11.5 Å². The molecule has 0 fully saturated rings. The van der Waals surface area contributed by atoms with E-state index < -0.39 is 5.97 Å². The van der Waals surface area contributed by atoms with Crippen molar-refractivity contribution < 1.29 is 19.4 Å². The average Bonchev–Trinajstić information content (AvgIpc) is 2.25. The summed E-state index contributed by atoms with van der Waals surface area (Å²) in [5.41, 5.74) is 0. The molecule has 0 aromatic heterocycles. The lowest BCUT2D eigenvalue weighted by molar-refractivity contribution is -0.144. The Balaban J connectivity index is 2.40. The Hall–Kier alpha value is -1.97. The summed E-state index contributed by atoms with van der Waals surface area (Å²) in [5, 5.41) is 9.31. The largest absolute Gasteiger partial charge is 0.504 e. The van der Waals surface area contributed by atoms with Gasteiger partial charge in [-0.1, -0.05) is 24.8 Å². The number of esters is 1. The van der Waals surface area contributed by atoms with E-state index in [0.29, 0.717) is 0 Å². The Morgan fingerprint density at radius 2 is 2.20 bits per heavy atom. The highest BCUT2D eigenvalue weighted by Crippen LogP contribution is 2.23. The Bertz CT molecular complexity index is 346. The SMILES string of the molecule is C=CCOC(=O)COc1ccccc1O. The van der Waals surface area contributed by atoms with Gasteiger partial charge in [-0.15, -0.1) is 0 Å². The molecule has 0 radical (unpaired) electrons. The maximum absolute atomic E-state index is 11.0. The zero-order valence-electron chi connectivity index (χ0n) is 8.18. The molecule has 4 heteroatoms. The molecule has 0 aliphatic heterocycles. The maximum atomic E-state index is 11.0. The fraction of sp³-hybridized carbons (Fsp3) is 0.182. The Kier molecular flexibility index (Phi) is 4.22. The fourth-order valence-corrected chi connectivity index (χ4v) is 0.909. The van der Waals surface area contributed by atoms with Crippen molar-refractivity contribution in [2.24, 2.45) is 0 Å². The molecule has 0 aliphatic rings. The summed E-state index contributed by atoms with van der Waals surface area (Å²) in [6.07, 6.45) is 1.47. The highest BCUT2D eigenvalue weighted by molar-refractivity contribution is 5.71. The molecule has 0 saturated heterocycles. The number of hydrogen-bond acceptors (Lipinski definition) is 4. The number of carbonyl (C=O) groups excluding carboxylic acids is 1. The molecule has 0 heterocycles. The first-order valence-corrected chi connectivity index (χ1v) is 4.41. The molecule has 0 unspecified atom stereocenters. The average molecular weight is 208 g/mol. The number of aromatic hydroxyl groups is 1. The number of phenols is 1. The van der Waals surface area contributed by atoms with Gasteiger partial charge in [-0.2, -0.15) is 0 Å². The van der Waals surface area contributed by atoms with Gasteiger partial charge in [0.1, 0.15) is 6.61 Å². The van der Waals surface area contributed by atoms with Crippen molar-refractivity contribution in [3.05, 3.63) is 36.9 Å². The molecule has 1 aromatic carbocycles. The molecule has 80 valence electrons. The maximum Gasteiger partial charge on any atom is 0.344 e. The van der Waals surface area contributed by atoms with Gasteiger partial charge in [0.2, 0.25) is 0 Å². The second-order valence-corrected chi connectivity index (χ2v) is 2.73. The first kappa shape index (κ1) is 11.1. The van der Waals surface area contributed by atoms with E-state index in [2.05, 4.69) is 11.3 Å². The van der Waals surface area contributed by atoms with Crippen LogP contribution < -0.4 is 4.74 Å². The summed E-state index contributed by atoms with van der Waals surface area (Å²) < 4.78 is 9.73. The van der Waals surface area contributed by atoms with Crippen LogP contribution in [-0.2, 0) is 9.53 Å². The van der Waals surface area contributed by atoms with Gasteiger partial charge in [-0.3, -0.25) is 0 Å². The summed E-state index contributed by atoms with van der Waals surface area (Å²) >= 11 is 0. The van der Waals surface area contributed by atoms with E-state index in [0.717, 1.165) is 0 Å².